The van der Waals surface area contributed by atoms with Crippen molar-refractivity contribution in [3.63, 3.8) is 0 Å². The smallest absolute Gasteiger partial charge is 0.217 e. The summed E-state index contributed by atoms with van der Waals surface area (Å²) in [5.41, 5.74) is 1.66. The van der Waals surface area contributed by atoms with Crippen LogP contribution in [0.1, 0.15) is 29.3 Å². The van der Waals surface area contributed by atoms with E-state index in [4.69, 9.17) is 4.74 Å². The van der Waals surface area contributed by atoms with Crippen LogP contribution in [0.3, 0.4) is 0 Å². The van der Waals surface area contributed by atoms with Gasteiger partial charge in [0.1, 0.15) is 5.75 Å². The second-order valence-electron chi connectivity index (χ2n) is 7.81. The number of amides is 1. The van der Waals surface area contributed by atoms with Crippen molar-refractivity contribution in [2.75, 3.05) is 33.3 Å². The average Bonchev–Trinajstić information content (AvgIpc) is 2.79. The molecule has 1 aliphatic heterocycles. The summed E-state index contributed by atoms with van der Waals surface area (Å²) in [6, 6.07) is 15.8. The summed E-state index contributed by atoms with van der Waals surface area (Å²) in [5.74, 6) is 0.218. The number of hydrogen-bond acceptors (Lipinski definition) is 5. The van der Waals surface area contributed by atoms with E-state index in [2.05, 4.69) is 10.2 Å². The van der Waals surface area contributed by atoms with Gasteiger partial charge in [0.15, 0.2) is 12.1 Å². The second-order valence-corrected chi connectivity index (χ2v) is 7.81. The summed E-state index contributed by atoms with van der Waals surface area (Å²) in [6.07, 6.45) is -1.36. The maximum Gasteiger partial charge on any atom is 0.217 e. The van der Waals surface area contributed by atoms with E-state index in [0.29, 0.717) is 18.7 Å². The van der Waals surface area contributed by atoms with Crippen LogP contribution in [0.4, 0.5) is 4.39 Å². The van der Waals surface area contributed by atoms with Crippen molar-refractivity contribution in [1.29, 1.82) is 0 Å². The number of ketones is 1. The zero-order chi connectivity index (χ0) is 22.2. The summed E-state index contributed by atoms with van der Waals surface area (Å²) < 4.78 is 20.3. The molecule has 2 aromatic rings. The first-order chi connectivity index (χ1) is 15.0. The largest absolute Gasteiger partial charge is 0.497 e. The van der Waals surface area contributed by atoms with E-state index in [-0.39, 0.29) is 18.1 Å². The Morgan fingerprint density at radius 2 is 1.68 bits per heavy atom. The predicted octanol–water partition coefficient (Wildman–Crippen LogP) is 2.89. The Bertz CT molecular complexity index is 852. The second kappa shape index (κ2) is 11.0. The molecule has 1 aliphatic rings. The van der Waals surface area contributed by atoms with Gasteiger partial charge < -0.3 is 10.1 Å². The van der Waals surface area contributed by atoms with Gasteiger partial charge in [0.05, 0.1) is 13.2 Å². The van der Waals surface area contributed by atoms with Gasteiger partial charge in [-0.05, 0) is 17.7 Å². The lowest BCUT2D eigenvalue weighted by Gasteiger charge is -2.37. The Balaban J connectivity index is 1.53. The Labute approximate surface area is 183 Å². The van der Waals surface area contributed by atoms with E-state index in [9.17, 15) is 9.59 Å². The van der Waals surface area contributed by atoms with E-state index in [1.807, 2.05) is 30.3 Å². The Morgan fingerprint density at radius 1 is 1.03 bits per heavy atom. The van der Waals surface area contributed by atoms with Crippen molar-refractivity contribution in [1.82, 2.24) is 15.1 Å². The standard InChI is InChI=1S/C24H30FN3O3/c1-18(29)26-22(24(30)20-6-4-3-5-7-20)16-23(25)28-14-12-27(13-15-28)17-19-8-10-21(31-2)11-9-19/h3-11,22-23H,12-17H2,1-2H3,(H,26,29). The number of halogens is 1. The van der Waals surface area contributed by atoms with Crippen LogP contribution < -0.4 is 10.1 Å². The van der Waals surface area contributed by atoms with Crippen molar-refractivity contribution in [3.05, 3.63) is 65.7 Å². The fourth-order valence-electron chi connectivity index (χ4n) is 3.81. The zero-order valence-electron chi connectivity index (χ0n) is 18.1. The van der Waals surface area contributed by atoms with Crippen LogP contribution in [-0.2, 0) is 11.3 Å². The van der Waals surface area contributed by atoms with E-state index < -0.39 is 12.3 Å². The lowest BCUT2D eigenvalue weighted by Crippen LogP contribution is -2.51. The zero-order valence-corrected chi connectivity index (χ0v) is 18.1. The van der Waals surface area contributed by atoms with Crippen molar-refractivity contribution >= 4 is 11.7 Å². The summed E-state index contributed by atoms with van der Waals surface area (Å²) in [4.78, 5) is 28.4. The molecule has 1 N–H and O–H groups in total. The number of ether oxygens (including phenoxy) is 1. The first-order valence-corrected chi connectivity index (χ1v) is 10.6. The molecule has 1 heterocycles. The number of carbonyl (C=O) groups excluding carboxylic acids is 2. The van der Waals surface area contributed by atoms with Crippen molar-refractivity contribution in [2.24, 2.45) is 0 Å². The molecule has 0 saturated carbocycles. The molecule has 2 aromatic carbocycles. The van der Waals surface area contributed by atoms with Crippen molar-refractivity contribution in [2.45, 2.75) is 32.2 Å². The Kier molecular flexibility index (Phi) is 8.14. The molecule has 6 nitrogen and oxygen atoms in total. The van der Waals surface area contributed by atoms with Gasteiger partial charge >= 0.3 is 0 Å². The number of piperazine rings is 1. The number of Topliss-reactive ketones (excluding diaryl/α,β-unsaturated/α-hetero) is 1. The van der Waals surface area contributed by atoms with Gasteiger partial charge in [-0.15, -0.1) is 0 Å². The van der Waals surface area contributed by atoms with Crippen LogP contribution in [0, 0.1) is 0 Å². The molecule has 31 heavy (non-hydrogen) atoms. The molecular weight excluding hydrogens is 397 g/mol. The van der Waals surface area contributed by atoms with Gasteiger partial charge in [-0.2, -0.15) is 0 Å². The van der Waals surface area contributed by atoms with Crippen LogP contribution in [0.25, 0.3) is 0 Å². The highest BCUT2D eigenvalue weighted by Crippen LogP contribution is 2.18. The van der Waals surface area contributed by atoms with Gasteiger partial charge in [-0.1, -0.05) is 42.5 Å². The number of methoxy groups -OCH3 is 1. The molecule has 2 atom stereocenters. The van der Waals surface area contributed by atoms with Gasteiger partial charge in [-0.3, -0.25) is 19.4 Å². The number of hydrogen-bond donors (Lipinski definition) is 1. The highest BCUT2D eigenvalue weighted by Gasteiger charge is 2.30. The Hall–Kier alpha value is -2.77. The quantitative estimate of drug-likeness (QED) is 0.493. The first-order valence-electron chi connectivity index (χ1n) is 10.6. The minimum absolute atomic E-state index is 0.0637. The molecule has 3 rings (SSSR count). The fourth-order valence-corrected chi connectivity index (χ4v) is 3.81. The normalized spacial score (nSPS) is 17.0. The van der Waals surface area contributed by atoms with Crippen molar-refractivity contribution in [3.8, 4) is 5.75 Å². The van der Waals surface area contributed by atoms with Gasteiger partial charge in [0.25, 0.3) is 0 Å². The lowest BCUT2D eigenvalue weighted by molar-refractivity contribution is -0.119. The SMILES string of the molecule is COc1ccc(CN2CCN(C(F)CC(NC(C)=O)C(=O)c3ccccc3)CC2)cc1. The number of alkyl halides is 1. The van der Waals surface area contributed by atoms with Crippen LogP contribution in [0.15, 0.2) is 54.6 Å². The van der Waals surface area contributed by atoms with E-state index in [1.54, 1.807) is 36.3 Å². The Morgan fingerprint density at radius 3 is 2.26 bits per heavy atom. The summed E-state index contributed by atoms with van der Waals surface area (Å²) in [6.45, 7) is 4.77. The number of benzene rings is 2. The lowest BCUT2D eigenvalue weighted by atomic mass is 10.0. The predicted molar refractivity (Wildman–Crippen MR) is 118 cm³/mol. The maximum absolute atomic E-state index is 15.1. The molecular formula is C24H30FN3O3. The third kappa shape index (κ3) is 6.60. The highest BCUT2D eigenvalue weighted by atomic mass is 19.1. The molecule has 2 unspecified atom stereocenters. The van der Waals surface area contributed by atoms with Crippen LogP contribution in [0.5, 0.6) is 5.75 Å². The molecule has 166 valence electrons. The minimum Gasteiger partial charge on any atom is -0.497 e. The first kappa shape index (κ1) is 22.9. The summed E-state index contributed by atoms with van der Waals surface area (Å²) in [5, 5.41) is 2.62. The third-order valence-electron chi connectivity index (χ3n) is 5.55. The number of carbonyl (C=O) groups is 2. The molecule has 0 radical (unpaired) electrons. The number of nitrogens with zero attached hydrogens (tertiary/aromatic N) is 2. The van der Waals surface area contributed by atoms with E-state index in [1.165, 1.54) is 12.5 Å². The molecule has 0 bridgehead atoms. The van der Waals surface area contributed by atoms with Crippen LogP contribution in [-0.4, -0.2) is 67.1 Å². The molecule has 0 spiro atoms. The third-order valence-corrected chi connectivity index (χ3v) is 5.55. The number of nitrogens with one attached hydrogen (secondary N) is 1. The molecule has 0 aromatic heterocycles. The topological polar surface area (TPSA) is 61.9 Å². The van der Waals surface area contributed by atoms with Crippen molar-refractivity contribution < 1.29 is 18.7 Å². The molecule has 7 heteroatoms. The molecule has 1 saturated heterocycles. The fraction of sp³-hybridized carbons (Fsp3) is 0.417. The van der Waals surface area contributed by atoms with E-state index in [0.717, 1.165) is 25.4 Å². The monoisotopic (exact) mass is 427 g/mol. The van der Waals surface area contributed by atoms with Gasteiger partial charge in [0.2, 0.25) is 5.91 Å². The number of rotatable bonds is 9. The van der Waals surface area contributed by atoms with E-state index >= 15 is 4.39 Å². The average molecular weight is 428 g/mol. The molecule has 1 amide bonds. The molecule has 1 fully saturated rings. The minimum atomic E-state index is -1.30. The highest BCUT2D eigenvalue weighted by molar-refractivity contribution is 6.01. The van der Waals surface area contributed by atoms with Gasteiger partial charge in [0, 0.05) is 51.6 Å². The maximum atomic E-state index is 15.1. The molecule has 0 aliphatic carbocycles. The summed E-state index contributed by atoms with van der Waals surface area (Å²) >= 11 is 0. The summed E-state index contributed by atoms with van der Waals surface area (Å²) in [7, 11) is 1.64. The van der Waals surface area contributed by atoms with Crippen LogP contribution in [0.2, 0.25) is 0 Å². The van der Waals surface area contributed by atoms with Crippen LogP contribution >= 0.6 is 0 Å². The van der Waals surface area contributed by atoms with Gasteiger partial charge in [-0.25, -0.2) is 4.39 Å².